The molecule has 0 aliphatic carbocycles. The van der Waals surface area contributed by atoms with Crippen LogP contribution in [0.25, 0.3) is 0 Å². The highest BCUT2D eigenvalue weighted by Crippen LogP contribution is 2.43. The Balaban J connectivity index is 2.06. The fourth-order valence-corrected chi connectivity index (χ4v) is 5.01. The average Bonchev–Trinajstić information content (AvgIpc) is 2.87. The van der Waals surface area contributed by atoms with Gasteiger partial charge in [-0.25, -0.2) is 0 Å². The van der Waals surface area contributed by atoms with Crippen LogP contribution in [0.15, 0.2) is 0 Å². The van der Waals surface area contributed by atoms with Crippen LogP contribution >= 0.6 is 0 Å². The van der Waals surface area contributed by atoms with Gasteiger partial charge in [0.2, 0.25) is 11.6 Å². The van der Waals surface area contributed by atoms with Gasteiger partial charge in [0.1, 0.15) is 61.0 Å². The minimum absolute atomic E-state index is 0.149. The maximum absolute atomic E-state index is 12.9. The van der Waals surface area contributed by atoms with E-state index >= 15 is 0 Å². The Morgan fingerprint density at radius 2 is 1.42 bits per heavy atom. The van der Waals surface area contributed by atoms with E-state index in [2.05, 4.69) is 0 Å². The minimum atomic E-state index is -3.05. The highest BCUT2D eigenvalue weighted by atomic mass is 16.7. The molecule has 0 bridgehead atoms. The standard InChI is InChI=1S/C20H35NO17/c1-5-20(34,15(31)12(29)17(33)35-5)21(6(2)24)19(4-23)14(30)9(26)11(28)18(38-19)37-13-7(3-22)36-16(32)10(27)8(13)25/h5,7-18,22-23,25-34H,3-4H2,1-2H3/t5-,7+,8+,9+,10+,11+,12-,13+,14+,15+,16+,17?,18-,19+,20+/m0/s1. The number of rotatable bonds is 6. The molecule has 3 aliphatic rings. The van der Waals surface area contributed by atoms with Crippen molar-refractivity contribution in [1.82, 2.24) is 4.90 Å². The molecule has 0 saturated carbocycles. The van der Waals surface area contributed by atoms with Crippen molar-refractivity contribution in [1.29, 1.82) is 0 Å². The first-order valence-electron chi connectivity index (χ1n) is 11.6. The summed E-state index contributed by atoms with van der Waals surface area (Å²) in [7, 11) is 0. The van der Waals surface area contributed by atoms with Crippen LogP contribution < -0.4 is 0 Å². The second-order valence-electron chi connectivity index (χ2n) is 9.49. The molecule has 0 aromatic carbocycles. The number of nitrogens with zero attached hydrogens (tertiary/aromatic N) is 1. The van der Waals surface area contributed by atoms with Gasteiger partial charge in [-0.05, 0) is 6.92 Å². The van der Waals surface area contributed by atoms with Gasteiger partial charge in [0.05, 0.1) is 13.2 Å². The summed E-state index contributed by atoms with van der Waals surface area (Å²) < 4.78 is 20.9. The molecule has 1 unspecified atom stereocenters. The van der Waals surface area contributed by atoms with Gasteiger partial charge in [0.25, 0.3) is 0 Å². The SMILES string of the molecule is CC(=O)N([C@@]1(O)[C@H](C)OC(O)[C@@H](O)[C@H]1O)[C@]1(CO)O[C@H](O[C@H]2[C@H](O)[C@@H](O)[C@H](O)O[C@@H]2CO)[C@H](O)[C@@H](O)[C@H]1O. The summed E-state index contributed by atoms with van der Waals surface area (Å²) in [6, 6.07) is 0. The van der Waals surface area contributed by atoms with E-state index in [1.165, 1.54) is 0 Å². The highest BCUT2D eigenvalue weighted by molar-refractivity contribution is 5.75. The number of hydrogen-bond donors (Lipinski definition) is 12. The number of carbonyl (C=O) groups excluding carboxylic acids is 1. The maximum Gasteiger partial charge on any atom is 0.224 e. The number of carbonyl (C=O) groups is 1. The fraction of sp³-hybridized carbons (Fsp3) is 0.950. The van der Waals surface area contributed by atoms with Crippen molar-refractivity contribution in [3.05, 3.63) is 0 Å². The summed E-state index contributed by atoms with van der Waals surface area (Å²) >= 11 is 0. The number of aliphatic hydroxyl groups is 12. The summed E-state index contributed by atoms with van der Waals surface area (Å²) in [5.41, 5.74) is -6.01. The third kappa shape index (κ3) is 4.83. The van der Waals surface area contributed by atoms with Crippen molar-refractivity contribution in [2.24, 2.45) is 0 Å². The molecular weight excluding hydrogens is 526 g/mol. The molecule has 15 atom stereocenters. The number of amides is 1. The number of ether oxygens (including phenoxy) is 4. The van der Waals surface area contributed by atoms with Crippen LogP contribution in [0.2, 0.25) is 0 Å². The normalized spacial score (nSPS) is 52.0. The minimum Gasteiger partial charge on any atom is -0.394 e. The van der Waals surface area contributed by atoms with E-state index < -0.39 is 110 Å². The Morgan fingerprint density at radius 3 is 1.95 bits per heavy atom. The maximum atomic E-state index is 12.9. The fourth-order valence-electron chi connectivity index (χ4n) is 5.01. The molecule has 18 nitrogen and oxygen atoms in total. The predicted molar refractivity (Wildman–Crippen MR) is 114 cm³/mol. The van der Waals surface area contributed by atoms with E-state index in [0.29, 0.717) is 0 Å². The van der Waals surface area contributed by atoms with Crippen LogP contribution in [-0.2, 0) is 23.7 Å². The molecule has 0 spiro atoms. The summed E-state index contributed by atoms with van der Waals surface area (Å²) in [6.45, 7) is -0.507. The van der Waals surface area contributed by atoms with Crippen molar-refractivity contribution in [2.45, 2.75) is 105 Å². The first-order valence-corrected chi connectivity index (χ1v) is 11.6. The summed E-state index contributed by atoms with van der Waals surface area (Å²) in [4.78, 5) is 13.0. The second kappa shape index (κ2) is 11.4. The highest BCUT2D eigenvalue weighted by Gasteiger charge is 2.68. The Morgan fingerprint density at radius 1 is 0.842 bits per heavy atom. The molecule has 3 rings (SSSR count). The average molecular weight is 561 g/mol. The van der Waals surface area contributed by atoms with Crippen molar-refractivity contribution < 1.29 is 85.0 Å². The van der Waals surface area contributed by atoms with E-state index in [1.54, 1.807) is 0 Å². The lowest BCUT2D eigenvalue weighted by atomic mass is 9.84. The van der Waals surface area contributed by atoms with Crippen molar-refractivity contribution in [2.75, 3.05) is 13.2 Å². The van der Waals surface area contributed by atoms with Gasteiger partial charge >= 0.3 is 0 Å². The van der Waals surface area contributed by atoms with E-state index in [4.69, 9.17) is 18.9 Å². The zero-order valence-electron chi connectivity index (χ0n) is 20.3. The lowest BCUT2D eigenvalue weighted by Gasteiger charge is -2.60. The third-order valence-electron chi connectivity index (χ3n) is 7.14. The molecule has 3 heterocycles. The van der Waals surface area contributed by atoms with E-state index in [-0.39, 0.29) is 4.90 Å². The molecule has 3 aliphatic heterocycles. The Bertz CT molecular complexity index is 835. The first-order chi connectivity index (χ1) is 17.6. The zero-order chi connectivity index (χ0) is 28.9. The van der Waals surface area contributed by atoms with Crippen LogP contribution in [0.4, 0.5) is 0 Å². The molecule has 222 valence electrons. The molecule has 18 heteroatoms. The van der Waals surface area contributed by atoms with Gasteiger partial charge in [-0.15, -0.1) is 0 Å². The first kappa shape index (κ1) is 31.4. The predicted octanol–water partition coefficient (Wildman–Crippen LogP) is -8.07. The Kier molecular flexibility index (Phi) is 9.38. The molecule has 0 aromatic heterocycles. The van der Waals surface area contributed by atoms with E-state index in [9.17, 15) is 66.1 Å². The van der Waals surface area contributed by atoms with E-state index in [1.807, 2.05) is 0 Å². The third-order valence-corrected chi connectivity index (χ3v) is 7.14. The largest absolute Gasteiger partial charge is 0.394 e. The molecular formula is C20H35NO17. The topological polar surface area (TPSA) is 300 Å². The van der Waals surface area contributed by atoms with Gasteiger partial charge < -0.3 is 80.2 Å². The summed E-state index contributed by atoms with van der Waals surface area (Å²) in [6.07, 6.45) is -26.7. The van der Waals surface area contributed by atoms with Gasteiger partial charge in [0.15, 0.2) is 24.6 Å². The van der Waals surface area contributed by atoms with Crippen molar-refractivity contribution in [3.8, 4) is 0 Å². The van der Waals surface area contributed by atoms with Crippen LogP contribution in [0.1, 0.15) is 13.8 Å². The van der Waals surface area contributed by atoms with E-state index in [0.717, 1.165) is 13.8 Å². The van der Waals surface area contributed by atoms with Crippen molar-refractivity contribution in [3.63, 3.8) is 0 Å². The van der Waals surface area contributed by atoms with Gasteiger partial charge in [-0.2, -0.15) is 0 Å². The number of aliphatic hydroxyl groups excluding tert-OH is 11. The Hall–Kier alpha value is -1.17. The van der Waals surface area contributed by atoms with Gasteiger partial charge in [-0.3, -0.25) is 9.69 Å². The van der Waals surface area contributed by atoms with Crippen LogP contribution in [0.5, 0.6) is 0 Å². The zero-order valence-corrected chi connectivity index (χ0v) is 20.3. The lowest BCUT2D eigenvalue weighted by Crippen LogP contribution is -2.83. The molecule has 38 heavy (non-hydrogen) atoms. The molecule has 1 amide bonds. The van der Waals surface area contributed by atoms with Gasteiger partial charge in [-0.1, -0.05) is 0 Å². The molecule has 0 aromatic rings. The summed E-state index contributed by atoms with van der Waals surface area (Å²) in [5.74, 6) is -1.24. The molecule has 3 saturated heterocycles. The van der Waals surface area contributed by atoms with Gasteiger partial charge in [0, 0.05) is 6.92 Å². The van der Waals surface area contributed by atoms with Crippen LogP contribution in [0.3, 0.4) is 0 Å². The quantitative estimate of drug-likeness (QED) is 0.134. The Labute approximate surface area is 215 Å². The van der Waals surface area contributed by atoms with Crippen LogP contribution in [-0.4, -0.2) is 177 Å². The van der Waals surface area contributed by atoms with Crippen LogP contribution in [0, 0.1) is 0 Å². The summed E-state index contributed by atoms with van der Waals surface area (Å²) in [5, 5.41) is 124. The number of hydrogen-bond acceptors (Lipinski definition) is 17. The van der Waals surface area contributed by atoms with Crippen molar-refractivity contribution >= 4 is 5.91 Å². The lowest BCUT2D eigenvalue weighted by molar-refractivity contribution is -0.429. The monoisotopic (exact) mass is 561 g/mol. The smallest absolute Gasteiger partial charge is 0.224 e. The molecule has 12 N–H and O–H groups in total. The molecule has 0 radical (unpaired) electrons. The molecule has 3 fully saturated rings. The second-order valence-corrected chi connectivity index (χ2v) is 9.49.